The van der Waals surface area contributed by atoms with Crippen molar-refractivity contribution in [3.8, 4) is 0 Å². The van der Waals surface area contributed by atoms with Crippen molar-refractivity contribution in [2.24, 2.45) is 10.4 Å². The molecule has 1 N–H and O–H groups in total. The van der Waals surface area contributed by atoms with Crippen LogP contribution in [0.2, 0.25) is 0 Å². The molecule has 0 unspecified atom stereocenters. The third-order valence-electron chi connectivity index (χ3n) is 5.25. The highest BCUT2D eigenvalue weighted by atomic mass is 32.2. The van der Waals surface area contributed by atoms with E-state index in [0.29, 0.717) is 5.41 Å². The number of nitrogens with one attached hydrogen (secondary N) is 1. The summed E-state index contributed by atoms with van der Waals surface area (Å²) in [5.74, 6) is 1.26. The molecule has 1 heterocycles. The molecule has 0 saturated heterocycles. The van der Waals surface area contributed by atoms with Crippen LogP contribution in [0.15, 0.2) is 4.99 Å². The van der Waals surface area contributed by atoms with Crippen molar-refractivity contribution in [1.29, 1.82) is 0 Å². The van der Waals surface area contributed by atoms with Gasteiger partial charge in [0.05, 0.1) is 5.60 Å². The smallest absolute Gasteiger partial charge is 0.156 e. The maximum atomic E-state index is 5.65. The molecule has 2 aliphatic carbocycles. The fourth-order valence-electron chi connectivity index (χ4n) is 3.52. The summed E-state index contributed by atoms with van der Waals surface area (Å²) in [6.45, 7) is 1.98. The van der Waals surface area contributed by atoms with Crippen LogP contribution >= 0.6 is 11.8 Å². The number of thioether (sulfide) groups is 1. The zero-order chi connectivity index (χ0) is 13.2. The fourth-order valence-corrected chi connectivity index (χ4v) is 4.68. The molecule has 3 nitrogen and oxygen atoms in total. The zero-order valence-corrected chi connectivity index (χ0v) is 12.9. The first-order chi connectivity index (χ1) is 9.26. The molecule has 0 atom stereocenters. The number of hydrogen-bond acceptors (Lipinski definition) is 4. The first-order valence-corrected chi connectivity index (χ1v) is 8.71. The Bertz CT molecular complexity index is 341. The van der Waals surface area contributed by atoms with Gasteiger partial charge in [0, 0.05) is 26.0 Å². The van der Waals surface area contributed by atoms with Gasteiger partial charge >= 0.3 is 0 Å². The molecule has 4 heteroatoms. The van der Waals surface area contributed by atoms with Crippen LogP contribution in [0.1, 0.15) is 51.4 Å². The molecule has 108 valence electrons. The predicted octanol–water partition coefficient (Wildman–Crippen LogP) is 3.20. The molecule has 2 fully saturated rings. The Balaban J connectivity index is 1.50. The van der Waals surface area contributed by atoms with Crippen molar-refractivity contribution < 1.29 is 4.74 Å². The van der Waals surface area contributed by atoms with Crippen LogP contribution in [0.4, 0.5) is 0 Å². The number of nitrogens with zero attached hydrogens (tertiary/aromatic N) is 1. The number of rotatable bonds is 3. The average molecular weight is 282 g/mol. The minimum absolute atomic E-state index is 0.100. The van der Waals surface area contributed by atoms with Gasteiger partial charge in [-0.15, -0.1) is 0 Å². The van der Waals surface area contributed by atoms with Crippen LogP contribution in [0.25, 0.3) is 0 Å². The van der Waals surface area contributed by atoms with Crippen LogP contribution < -0.4 is 5.32 Å². The van der Waals surface area contributed by atoms with Crippen molar-refractivity contribution in [2.45, 2.75) is 57.0 Å². The summed E-state index contributed by atoms with van der Waals surface area (Å²) >= 11 is 1.94. The maximum absolute atomic E-state index is 5.65. The van der Waals surface area contributed by atoms with Gasteiger partial charge in [0.15, 0.2) is 5.17 Å². The molecule has 0 aromatic heterocycles. The standard InChI is InChI=1S/C15H26N2OS/c1-18-15(8-5-9-15)11-17-13-16-10-14(12-19-13)6-3-2-4-7-14/h2-12H2,1H3,(H,16,17). The third kappa shape index (κ3) is 2.94. The van der Waals surface area contributed by atoms with Crippen molar-refractivity contribution >= 4 is 16.9 Å². The highest BCUT2D eigenvalue weighted by molar-refractivity contribution is 8.13. The van der Waals surface area contributed by atoms with Crippen molar-refractivity contribution in [2.75, 3.05) is 26.0 Å². The number of ether oxygens (including phenoxy) is 1. The van der Waals surface area contributed by atoms with E-state index < -0.39 is 0 Å². The second-order valence-corrected chi connectivity index (χ2v) is 7.53. The second kappa shape index (κ2) is 5.65. The van der Waals surface area contributed by atoms with Gasteiger partial charge in [-0.25, -0.2) is 0 Å². The summed E-state index contributed by atoms with van der Waals surface area (Å²) in [6, 6.07) is 0. The van der Waals surface area contributed by atoms with Gasteiger partial charge in [-0.2, -0.15) is 0 Å². The summed E-state index contributed by atoms with van der Waals surface area (Å²) in [5, 5.41) is 4.68. The van der Waals surface area contributed by atoms with Crippen molar-refractivity contribution in [1.82, 2.24) is 5.32 Å². The van der Waals surface area contributed by atoms with Gasteiger partial charge in [-0.05, 0) is 37.5 Å². The van der Waals surface area contributed by atoms with Gasteiger partial charge in [0.2, 0.25) is 0 Å². The van der Waals surface area contributed by atoms with E-state index in [1.807, 2.05) is 18.9 Å². The van der Waals surface area contributed by atoms with Crippen LogP contribution in [0.3, 0.4) is 0 Å². The number of methoxy groups -OCH3 is 1. The van der Waals surface area contributed by atoms with Gasteiger partial charge < -0.3 is 10.1 Å². The molecule has 3 aliphatic rings. The molecular weight excluding hydrogens is 256 g/mol. The molecular formula is C15H26N2OS. The molecule has 0 bridgehead atoms. The van der Waals surface area contributed by atoms with E-state index in [9.17, 15) is 0 Å². The normalized spacial score (nSPS) is 28.6. The summed E-state index contributed by atoms with van der Waals surface area (Å²) in [4.78, 5) is 4.82. The quantitative estimate of drug-likeness (QED) is 0.863. The zero-order valence-electron chi connectivity index (χ0n) is 12.0. The Hall–Kier alpha value is -0.220. The van der Waals surface area contributed by atoms with E-state index in [1.54, 1.807) is 0 Å². The molecule has 0 aromatic rings. The lowest BCUT2D eigenvalue weighted by atomic mass is 9.75. The molecule has 0 amide bonds. The Labute approximate surface area is 121 Å². The monoisotopic (exact) mass is 282 g/mol. The molecule has 19 heavy (non-hydrogen) atoms. The van der Waals surface area contributed by atoms with E-state index in [1.165, 1.54) is 57.1 Å². The number of hydrogen-bond donors (Lipinski definition) is 1. The average Bonchev–Trinajstić information content (AvgIpc) is 2.41. The lowest BCUT2D eigenvalue weighted by Crippen LogP contribution is -2.49. The molecule has 2 saturated carbocycles. The fraction of sp³-hybridized carbons (Fsp3) is 0.933. The molecule has 1 aliphatic heterocycles. The van der Waals surface area contributed by atoms with E-state index in [2.05, 4.69) is 5.32 Å². The molecule has 1 spiro atoms. The van der Waals surface area contributed by atoms with E-state index in [4.69, 9.17) is 9.73 Å². The second-order valence-electron chi connectivity index (χ2n) is 6.56. The number of amidine groups is 1. The SMILES string of the molecule is COC1(CNC2=NCC3(CCCCC3)CS2)CCC1. The summed E-state index contributed by atoms with van der Waals surface area (Å²) in [5.41, 5.74) is 0.632. The van der Waals surface area contributed by atoms with Crippen molar-refractivity contribution in [3.63, 3.8) is 0 Å². The first kappa shape index (κ1) is 13.7. The Morgan fingerprint density at radius 2 is 1.95 bits per heavy atom. The minimum atomic E-state index is 0.100. The number of aliphatic imine (C=N–C) groups is 1. The summed E-state index contributed by atoms with van der Waals surface area (Å²) in [7, 11) is 1.84. The Kier molecular flexibility index (Phi) is 4.08. The predicted molar refractivity (Wildman–Crippen MR) is 81.9 cm³/mol. The van der Waals surface area contributed by atoms with Crippen LogP contribution in [-0.4, -0.2) is 36.7 Å². The Morgan fingerprint density at radius 1 is 1.16 bits per heavy atom. The molecule has 3 rings (SSSR count). The van der Waals surface area contributed by atoms with E-state index in [0.717, 1.165) is 18.3 Å². The van der Waals surface area contributed by atoms with Crippen LogP contribution in [0, 0.1) is 5.41 Å². The van der Waals surface area contributed by atoms with E-state index >= 15 is 0 Å². The lowest BCUT2D eigenvalue weighted by Gasteiger charge is -2.42. The van der Waals surface area contributed by atoms with Gasteiger partial charge in [0.25, 0.3) is 0 Å². The van der Waals surface area contributed by atoms with E-state index in [-0.39, 0.29) is 5.60 Å². The van der Waals surface area contributed by atoms with Crippen LogP contribution in [0.5, 0.6) is 0 Å². The summed E-state index contributed by atoms with van der Waals surface area (Å²) in [6.07, 6.45) is 10.7. The van der Waals surface area contributed by atoms with Gasteiger partial charge in [-0.1, -0.05) is 31.0 Å². The third-order valence-corrected chi connectivity index (χ3v) is 6.55. The first-order valence-electron chi connectivity index (χ1n) is 7.72. The highest BCUT2D eigenvalue weighted by Crippen LogP contribution is 2.42. The van der Waals surface area contributed by atoms with Crippen LogP contribution in [-0.2, 0) is 4.74 Å². The van der Waals surface area contributed by atoms with Gasteiger partial charge in [-0.3, -0.25) is 4.99 Å². The molecule has 0 radical (unpaired) electrons. The summed E-state index contributed by atoms with van der Waals surface area (Å²) < 4.78 is 5.65. The maximum Gasteiger partial charge on any atom is 0.156 e. The lowest BCUT2D eigenvalue weighted by molar-refractivity contribution is -0.0664. The minimum Gasteiger partial charge on any atom is -0.376 e. The topological polar surface area (TPSA) is 33.6 Å². The highest BCUT2D eigenvalue weighted by Gasteiger charge is 2.38. The Morgan fingerprint density at radius 3 is 2.47 bits per heavy atom. The van der Waals surface area contributed by atoms with Gasteiger partial charge in [0.1, 0.15) is 0 Å². The largest absolute Gasteiger partial charge is 0.376 e. The van der Waals surface area contributed by atoms with Crippen molar-refractivity contribution in [3.05, 3.63) is 0 Å². The molecule has 0 aromatic carbocycles.